The number of hydrogen-bond donors (Lipinski definition) is 3. The zero-order valence-electron chi connectivity index (χ0n) is 15.0. The summed E-state index contributed by atoms with van der Waals surface area (Å²) in [5.74, 6) is 0.632. The second-order valence-electron chi connectivity index (χ2n) is 6.40. The van der Waals surface area contributed by atoms with E-state index in [1.54, 1.807) is 29.2 Å². The van der Waals surface area contributed by atoms with E-state index in [9.17, 15) is 13.9 Å². The summed E-state index contributed by atoms with van der Waals surface area (Å²) in [5.41, 5.74) is 0.759. The molecule has 1 aromatic rings. The molecule has 5 nitrogen and oxygen atoms in total. The van der Waals surface area contributed by atoms with Gasteiger partial charge in [0, 0.05) is 30.7 Å². The van der Waals surface area contributed by atoms with Crippen molar-refractivity contribution < 1.29 is 13.9 Å². The van der Waals surface area contributed by atoms with Gasteiger partial charge in [0.15, 0.2) is 5.96 Å². The molecule has 1 aliphatic rings. The number of benzene rings is 1. The van der Waals surface area contributed by atoms with Crippen LogP contribution in [0.15, 0.2) is 29.3 Å². The molecule has 8 heteroatoms. The number of rotatable bonds is 7. The molecular weight excluding hydrogens is 362 g/mol. The SMILES string of the molecule is CCNC(=NCC(O)c1ccc(Cl)cc1)NC1CCN(CC(F)F)CC1. The van der Waals surface area contributed by atoms with Crippen molar-refractivity contribution in [2.45, 2.75) is 38.3 Å². The van der Waals surface area contributed by atoms with Gasteiger partial charge in [0.25, 0.3) is 6.43 Å². The summed E-state index contributed by atoms with van der Waals surface area (Å²) in [5, 5.41) is 17.4. The van der Waals surface area contributed by atoms with Gasteiger partial charge in [0.2, 0.25) is 0 Å². The topological polar surface area (TPSA) is 59.9 Å². The highest BCUT2D eigenvalue weighted by Crippen LogP contribution is 2.17. The summed E-state index contributed by atoms with van der Waals surface area (Å²) in [6.07, 6.45) is -1.42. The predicted octanol–water partition coefficient (Wildman–Crippen LogP) is 2.66. The van der Waals surface area contributed by atoms with Crippen molar-refractivity contribution in [1.29, 1.82) is 0 Å². The number of likely N-dealkylation sites (tertiary alicyclic amines) is 1. The molecule has 1 fully saturated rings. The van der Waals surface area contributed by atoms with Gasteiger partial charge in [-0.25, -0.2) is 8.78 Å². The van der Waals surface area contributed by atoms with Gasteiger partial charge >= 0.3 is 0 Å². The largest absolute Gasteiger partial charge is 0.386 e. The van der Waals surface area contributed by atoms with Crippen LogP contribution in [0.1, 0.15) is 31.4 Å². The minimum atomic E-state index is -2.28. The Kier molecular flexibility index (Phi) is 8.54. The van der Waals surface area contributed by atoms with Crippen LogP contribution in [0.3, 0.4) is 0 Å². The number of guanidine groups is 1. The third-order valence-electron chi connectivity index (χ3n) is 4.35. The number of nitrogens with zero attached hydrogens (tertiary/aromatic N) is 2. The van der Waals surface area contributed by atoms with Crippen LogP contribution in [0, 0.1) is 0 Å². The number of aliphatic hydroxyl groups excluding tert-OH is 1. The number of nitrogens with one attached hydrogen (secondary N) is 2. The molecule has 1 aromatic carbocycles. The number of piperidine rings is 1. The van der Waals surface area contributed by atoms with Crippen molar-refractivity contribution in [2.75, 3.05) is 32.7 Å². The minimum absolute atomic E-state index is 0.159. The van der Waals surface area contributed by atoms with E-state index in [1.165, 1.54) is 0 Å². The van der Waals surface area contributed by atoms with Crippen LogP contribution in [0.4, 0.5) is 8.78 Å². The molecule has 3 N–H and O–H groups in total. The predicted molar refractivity (Wildman–Crippen MR) is 101 cm³/mol. The van der Waals surface area contributed by atoms with Crippen LogP contribution in [0.2, 0.25) is 5.02 Å². The van der Waals surface area contributed by atoms with E-state index in [1.807, 2.05) is 6.92 Å². The highest BCUT2D eigenvalue weighted by molar-refractivity contribution is 6.30. The number of halogens is 3. The third kappa shape index (κ3) is 7.05. The van der Waals surface area contributed by atoms with E-state index in [0.29, 0.717) is 30.6 Å². The number of alkyl halides is 2. The fraction of sp³-hybridized carbons (Fsp3) is 0.611. The Morgan fingerprint density at radius 1 is 1.31 bits per heavy atom. The maximum atomic E-state index is 12.4. The van der Waals surface area contributed by atoms with Gasteiger partial charge < -0.3 is 15.7 Å². The molecule has 0 aliphatic carbocycles. The molecule has 1 unspecified atom stereocenters. The van der Waals surface area contributed by atoms with Crippen molar-refractivity contribution >= 4 is 17.6 Å². The maximum absolute atomic E-state index is 12.4. The van der Waals surface area contributed by atoms with E-state index in [2.05, 4.69) is 15.6 Å². The molecule has 0 saturated carbocycles. The number of aliphatic hydroxyl groups is 1. The van der Waals surface area contributed by atoms with E-state index < -0.39 is 12.5 Å². The molecule has 0 amide bonds. The molecule has 0 spiro atoms. The zero-order valence-corrected chi connectivity index (χ0v) is 15.7. The standard InChI is InChI=1S/C18H27ClF2N4O/c1-2-22-18(23-11-16(26)13-3-5-14(19)6-4-13)24-15-7-9-25(10-8-15)12-17(20)21/h3-6,15-17,26H,2,7-12H2,1H3,(H2,22,23,24). The first-order valence-corrected chi connectivity index (χ1v) is 9.34. The van der Waals surface area contributed by atoms with Crippen LogP contribution < -0.4 is 10.6 Å². The van der Waals surface area contributed by atoms with Crippen LogP contribution >= 0.6 is 11.6 Å². The molecule has 26 heavy (non-hydrogen) atoms. The lowest BCUT2D eigenvalue weighted by molar-refractivity contribution is 0.0744. The highest BCUT2D eigenvalue weighted by atomic mass is 35.5. The van der Waals surface area contributed by atoms with Crippen molar-refractivity contribution in [3.63, 3.8) is 0 Å². The van der Waals surface area contributed by atoms with Gasteiger partial charge in [0.1, 0.15) is 0 Å². The van der Waals surface area contributed by atoms with Crippen LogP contribution in [-0.4, -0.2) is 61.2 Å². The lowest BCUT2D eigenvalue weighted by Crippen LogP contribution is -2.49. The van der Waals surface area contributed by atoms with Gasteiger partial charge in [-0.2, -0.15) is 0 Å². The van der Waals surface area contributed by atoms with Crippen LogP contribution in [0.5, 0.6) is 0 Å². The Balaban J connectivity index is 1.85. The van der Waals surface area contributed by atoms with E-state index >= 15 is 0 Å². The number of hydrogen-bond acceptors (Lipinski definition) is 3. The van der Waals surface area contributed by atoms with Gasteiger partial charge in [0.05, 0.1) is 19.2 Å². The quantitative estimate of drug-likeness (QED) is 0.496. The van der Waals surface area contributed by atoms with Gasteiger partial charge in [-0.15, -0.1) is 0 Å². The summed E-state index contributed by atoms with van der Waals surface area (Å²) in [6.45, 7) is 4.03. The summed E-state index contributed by atoms with van der Waals surface area (Å²) >= 11 is 5.86. The molecule has 1 aliphatic heterocycles. The lowest BCUT2D eigenvalue weighted by atomic mass is 10.1. The highest BCUT2D eigenvalue weighted by Gasteiger charge is 2.22. The molecule has 0 bridgehead atoms. The first-order chi connectivity index (χ1) is 12.5. The maximum Gasteiger partial charge on any atom is 0.251 e. The fourth-order valence-corrected chi connectivity index (χ4v) is 3.06. The van der Waals surface area contributed by atoms with Crippen LogP contribution in [-0.2, 0) is 0 Å². The normalized spacial score (nSPS) is 18.2. The Hall–Kier alpha value is -1.44. The average Bonchev–Trinajstić information content (AvgIpc) is 2.61. The molecule has 0 radical (unpaired) electrons. The monoisotopic (exact) mass is 388 g/mol. The third-order valence-corrected chi connectivity index (χ3v) is 4.60. The van der Waals surface area contributed by atoms with Crippen molar-refractivity contribution in [3.05, 3.63) is 34.9 Å². The fourth-order valence-electron chi connectivity index (χ4n) is 2.94. The molecule has 1 atom stereocenters. The second kappa shape index (κ2) is 10.6. The van der Waals surface area contributed by atoms with Crippen molar-refractivity contribution in [2.24, 2.45) is 4.99 Å². The lowest BCUT2D eigenvalue weighted by Gasteiger charge is -2.32. The first kappa shape index (κ1) is 20.9. The van der Waals surface area contributed by atoms with Gasteiger partial charge in [-0.3, -0.25) is 9.89 Å². The summed E-state index contributed by atoms with van der Waals surface area (Å²) < 4.78 is 24.9. The van der Waals surface area contributed by atoms with Gasteiger partial charge in [-0.05, 0) is 37.5 Å². The summed E-state index contributed by atoms with van der Waals surface area (Å²) in [7, 11) is 0. The van der Waals surface area contributed by atoms with Crippen LogP contribution in [0.25, 0.3) is 0 Å². The average molecular weight is 389 g/mol. The smallest absolute Gasteiger partial charge is 0.251 e. The Morgan fingerprint density at radius 2 is 1.96 bits per heavy atom. The number of aliphatic imine (C=N–C) groups is 1. The Bertz CT molecular complexity index is 563. The van der Waals surface area contributed by atoms with E-state index in [0.717, 1.165) is 18.4 Å². The van der Waals surface area contributed by atoms with Crippen molar-refractivity contribution in [1.82, 2.24) is 15.5 Å². The molecule has 2 rings (SSSR count). The molecule has 0 aromatic heterocycles. The first-order valence-electron chi connectivity index (χ1n) is 8.96. The molecule has 1 saturated heterocycles. The van der Waals surface area contributed by atoms with E-state index in [4.69, 9.17) is 11.6 Å². The second-order valence-corrected chi connectivity index (χ2v) is 6.83. The molecule has 1 heterocycles. The zero-order chi connectivity index (χ0) is 18.9. The molecule has 146 valence electrons. The van der Waals surface area contributed by atoms with E-state index in [-0.39, 0.29) is 19.1 Å². The molecular formula is C18H27ClF2N4O. The summed E-state index contributed by atoms with van der Waals surface area (Å²) in [4.78, 5) is 6.24. The Morgan fingerprint density at radius 3 is 2.54 bits per heavy atom. The summed E-state index contributed by atoms with van der Waals surface area (Å²) in [6, 6.07) is 7.22. The van der Waals surface area contributed by atoms with Crippen molar-refractivity contribution in [3.8, 4) is 0 Å². The Labute approximate surface area is 158 Å². The minimum Gasteiger partial charge on any atom is -0.386 e. The van der Waals surface area contributed by atoms with Gasteiger partial charge in [-0.1, -0.05) is 23.7 Å².